The molecule has 0 aromatic carbocycles. The quantitative estimate of drug-likeness (QED) is 0.499. The van der Waals surface area contributed by atoms with Gasteiger partial charge in [-0.05, 0) is 12.1 Å². The fraction of sp³-hybridized carbons (Fsp3) is 0. The van der Waals surface area contributed by atoms with Crippen molar-refractivity contribution in [3.63, 3.8) is 0 Å². The Hall–Kier alpha value is -1.15. The molecule has 11 heavy (non-hydrogen) atoms. The van der Waals surface area contributed by atoms with Crippen molar-refractivity contribution in [2.75, 3.05) is 0 Å². The molecule has 1 aromatic heterocycles. The summed E-state index contributed by atoms with van der Waals surface area (Å²) in [7, 11) is 0. The van der Waals surface area contributed by atoms with Crippen molar-refractivity contribution in [1.82, 2.24) is 4.98 Å². The highest BCUT2D eigenvalue weighted by atomic mass is 35.5. The summed E-state index contributed by atoms with van der Waals surface area (Å²) in [5.41, 5.74) is 0.441. The lowest BCUT2D eigenvalue weighted by Gasteiger charge is -1.95. The zero-order chi connectivity index (χ0) is 8.27. The Morgan fingerprint density at radius 1 is 1.73 bits per heavy atom. The predicted octanol–water partition coefficient (Wildman–Crippen LogP) is 2.10. The van der Waals surface area contributed by atoms with Crippen LogP contribution in [0.3, 0.4) is 0 Å². The molecule has 0 spiro atoms. The number of pyridine rings is 1. The molecule has 0 unspecified atom stereocenters. The van der Waals surface area contributed by atoms with Crippen LogP contribution in [-0.4, -0.2) is 10.8 Å². The molecule has 2 nitrogen and oxygen atoms in total. The molecule has 3 heteroatoms. The summed E-state index contributed by atoms with van der Waals surface area (Å²) in [6, 6.07) is 1.56. The molecule has 1 aromatic rings. The van der Waals surface area contributed by atoms with Gasteiger partial charge in [-0.25, -0.2) is 0 Å². The largest absolute Gasteiger partial charge is 0.289 e. The molecular weight excluding hydrogens is 162 g/mol. The number of hydrogen-bond acceptors (Lipinski definition) is 2. The fourth-order valence-electron chi connectivity index (χ4n) is 0.685. The first kappa shape index (κ1) is 7.95. The maximum atomic E-state index is 11.0. The van der Waals surface area contributed by atoms with Crippen LogP contribution >= 0.6 is 11.6 Å². The average Bonchev–Trinajstić information content (AvgIpc) is 2.04. The van der Waals surface area contributed by atoms with Crippen molar-refractivity contribution in [2.24, 2.45) is 0 Å². The highest BCUT2D eigenvalue weighted by Gasteiger charge is 2.04. The Morgan fingerprint density at radius 3 is 3.00 bits per heavy atom. The molecule has 1 heterocycles. The first-order valence-corrected chi connectivity index (χ1v) is 3.40. The lowest BCUT2D eigenvalue weighted by atomic mass is 10.2. The second kappa shape index (κ2) is 3.30. The van der Waals surface area contributed by atoms with Gasteiger partial charge in [-0.15, -0.1) is 0 Å². The molecular formula is C8H6ClNO. The van der Waals surface area contributed by atoms with E-state index < -0.39 is 0 Å². The zero-order valence-electron chi connectivity index (χ0n) is 5.75. The van der Waals surface area contributed by atoms with E-state index in [2.05, 4.69) is 11.6 Å². The molecule has 0 saturated heterocycles. The van der Waals surface area contributed by atoms with Crippen LogP contribution in [0.5, 0.6) is 0 Å². The molecule has 56 valence electrons. The Labute approximate surface area is 69.5 Å². The van der Waals surface area contributed by atoms with Gasteiger partial charge in [0.05, 0.1) is 5.02 Å². The summed E-state index contributed by atoms with van der Waals surface area (Å²) in [5.74, 6) is -0.183. The minimum absolute atomic E-state index is 0.183. The highest BCUT2D eigenvalue weighted by Crippen LogP contribution is 2.13. The Balaban J connectivity index is 3.13. The van der Waals surface area contributed by atoms with E-state index in [1.54, 1.807) is 6.07 Å². The van der Waals surface area contributed by atoms with Gasteiger partial charge >= 0.3 is 0 Å². The van der Waals surface area contributed by atoms with Gasteiger partial charge in [0.2, 0.25) is 0 Å². The maximum Gasteiger partial charge on any atom is 0.186 e. The van der Waals surface area contributed by atoms with Crippen LogP contribution in [0.4, 0.5) is 0 Å². The van der Waals surface area contributed by atoms with E-state index in [-0.39, 0.29) is 5.78 Å². The van der Waals surface area contributed by atoms with Crippen LogP contribution in [0, 0.1) is 0 Å². The lowest BCUT2D eigenvalue weighted by Crippen LogP contribution is -1.94. The second-order valence-electron chi connectivity index (χ2n) is 1.92. The molecule has 0 atom stereocenters. The standard InChI is InChI=1S/C8H6ClNO/c1-2-8(11)6-3-4-10-5-7(6)9/h2-5H,1H2. The smallest absolute Gasteiger partial charge is 0.186 e. The SMILES string of the molecule is C=CC(=O)c1ccncc1Cl. The van der Waals surface area contributed by atoms with E-state index in [0.717, 1.165) is 0 Å². The van der Waals surface area contributed by atoms with Crippen molar-refractivity contribution in [1.29, 1.82) is 0 Å². The first-order chi connectivity index (χ1) is 5.25. The minimum atomic E-state index is -0.183. The third kappa shape index (κ3) is 1.65. The summed E-state index contributed by atoms with van der Waals surface area (Å²) >= 11 is 5.67. The number of carbonyl (C=O) groups is 1. The summed E-state index contributed by atoms with van der Waals surface area (Å²) in [4.78, 5) is 14.7. The predicted molar refractivity (Wildman–Crippen MR) is 43.8 cm³/mol. The molecule has 0 aliphatic rings. The number of hydrogen-bond donors (Lipinski definition) is 0. The van der Waals surface area contributed by atoms with E-state index in [1.165, 1.54) is 18.5 Å². The summed E-state index contributed by atoms with van der Waals surface area (Å²) in [5, 5.41) is 0.359. The molecule has 0 aliphatic heterocycles. The van der Waals surface area contributed by atoms with Gasteiger partial charge < -0.3 is 0 Å². The van der Waals surface area contributed by atoms with Crippen molar-refractivity contribution in [3.05, 3.63) is 41.7 Å². The monoisotopic (exact) mass is 167 g/mol. The van der Waals surface area contributed by atoms with Gasteiger partial charge in [0.25, 0.3) is 0 Å². The van der Waals surface area contributed by atoms with Crippen molar-refractivity contribution in [2.45, 2.75) is 0 Å². The van der Waals surface area contributed by atoms with Crippen molar-refractivity contribution >= 4 is 17.4 Å². The second-order valence-corrected chi connectivity index (χ2v) is 2.33. The third-order valence-electron chi connectivity index (χ3n) is 1.22. The van der Waals surface area contributed by atoms with Crippen molar-refractivity contribution < 1.29 is 4.79 Å². The molecule has 0 saturated carbocycles. The lowest BCUT2D eigenvalue weighted by molar-refractivity contribution is 0.104. The van der Waals surface area contributed by atoms with Crippen LogP contribution in [0.25, 0.3) is 0 Å². The molecule has 0 N–H and O–H groups in total. The number of aromatic nitrogens is 1. The van der Waals surface area contributed by atoms with Gasteiger partial charge in [0.15, 0.2) is 5.78 Å². The number of rotatable bonds is 2. The van der Waals surface area contributed by atoms with Crippen LogP contribution in [-0.2, 0) is 0 Å². The number of allylic oxidation sites excluding steroid dienone is 1. The van der Waals surface area contributed by atoms with Gasteiger partial charge in [0, 0.05) is 18.0 Å². The molecule has 0 fully saturated rings. The summed E-state index contributed by atoms with van der Waals surface area (Å²) in [6.07, 6.45) is 4.17. The van der Waals surface area contributed by atoms with Crippen LogP contribution in [0.15, 0.2) is 31.1 Å². The van der Waals surface area contributed by atoms with Gasteiger partial charge in [-0.1, -0.05) is 18.2 Å². The first-order valence-electron chi connectivity index (χ1n) is 3.02. The third-order valence-corrected chi connectivity index (χ3v) is 1.52. The van der Waals surface area contributed by atoms with Crippen LogP contribution in [0.2, 0.25) is 5.02 Å². The molecule has 0 radical (unpaired) electrons. The molecule has 0 amide bonds. The van der Waals surface area contributed by atoms with Crippen molar-refractivity contribution in [3.8, 4) is 0 Å². The van der Waals surface area contributed by atoms with E-state index in [4.69, 9.17) is 11.6 Å². The number of nitrogens with zero attached hydrogens (tertiary/aromatic N) is 1. The average molecular weight is 168 g/mol. The summed E-state index contributed by atoms with van der Waals surface area (Å²) in [6.45, 7) is 3.35. The Bertz CT molecular complexity index is 296. The van der Waals surface area contributed by atoms with E-state index in [1.807, 2.05) is 0 Å². The molecule has 0 bridgehead atoms. The van der Waals surface area contributed by atoms with Gasteiger partial charge in [-0.3, -0.25) is 9.78 Å². The van der Waals surface area contributed by atoms with E-state index >= 15 is 0 Å². The highest BCUT2D eigenvalue weighted by molar-refractivity contribution is 6.34. The molecule has 0 aliphatic carbocycles. The molecule has 1 rings (SSSR count). The Kier molecular flexibility index (Phi) is 2.39. The minimum Gasteiger partial charge on any atom is -0.289 e. The Morgan fingerprint density at radius 2 is 2.45 bits per heavy atom. The van der Waals surface area contributed by atoms with Crippen LogP contribution < -0.4 is 0 Å². The number of halogens is 1. The van der Waals surface area contributed by atoms with Gasteiger partial charge in [-0.2, -0.15) is 0 Å². The number of ketones is 1. The van der Waals surface area contributed by atoms with Crippen LogP contribution in [0.1, 0.15) is 10.4 Å². The van der Waals surface area contributed by atoms with Gasteiger partial charge in [0.1, 0.15) is 0 Å². The number of carbonyl (C=O) groups excluding carboxylic acids is 1. The van der Waals surface area contributed by atoms with E-state index in [0.29, 0.717) is 10.6 Å². The summed E-state index contributed by atoms with van der Waals surface area (Å²) < 4.78 is 0. The van der Waals surface area contributed by atoms with E-state index in [9.17, 15) is 4.79 Å². The topological polar surface area (TPSA) is 30.0 Å². The normalized spacial score (nSPS) is 9.18. The zero-order valence-corrected chi connectivity index (χ0v) is 6.51. The maximum absolute atomic E-state index is 11.0. The fourth-order valence-corrected chi connectivity index (χ4v) is 0.897.